The number of nitrogens with zero attached hydrogens (tertiary/aromatic N) is 4. The van der Waals surface area contributed by atoms with E-state index in [2.05, 4.69) is 85.2 Å². The number of unbranched alkanes of at least 4 members (excludes halogenated alkanes) is 4. The second-order valence-electron chi connectivity index (χ2n) is 18.4. The van der Waals surface area contributed by atoms with Crippen molar-refractivity contribution in [2.45, 2.75) is 77.3 Å². The summed E-state index contributed by atoms with van der Waals surface area (Å²) in [5.74, 6) is -0.139. The highest BCUT2D eigenvalue weighted by molar-refractivity contribution is 6.10. The molecule has 13 nitrogen and oxygen atoms in total. The molecule has 0 aliphatic heterocycles. The Balaban J connectivity index is 0.655. The van der Waals surface area contributed by atoms with Crippen molar-refractivity contribution in [2.24, 2.45) is 15.7 Å². The van der Waals surface area contributed by atoms with Crippen LogP contribution < -0.4 is 52.8 Å². The average Bonchev–Trinajstić information content (AvgIpc) is 3.39. The zero-order valence-corrected chi connectivity index (χ0v) is 41.8. The molecule has 5 aromatic carbocycles. The van der Waals surface area contributed by atoms with Crippen LogP contribution in [0.2, 0.25) is 0 Å². The Morgan fingerprint density at radius 1 is 0.466 bits per heavy atom. The predicted molar refractivity (Wildman–Crippen MR) is 291 cm³/mol. The molecule has 0 unspecified atom stereocenters. The van der Waals surface area contributed by atoms with Crippen molar-refractivity contribution < 1.29 is 33.6 Å². The van der Waals surface area contributed by atoms with Gasteiger partial charge in [-0.15, -0.1) is 0 Å². The highest BCUT2D eigenvalue weighted by atomic mass is 16.5. The summed E-state index contributed by atoms with van der Waals surface area (Å²) in [7, 11) is 0. The first-order valence-corrected chi connectivity index (χ1v) is 25.7. The van der Waals surface area contributed by atoms with Gasteiger partial charge in [-0.05, 0) is 130 Å². The fourth-order valence-corrected chi connectivity index (χ4v) is 9.54. The number of rotatable bonds is 28. The molecule has 1 aliphatic rings. The zero-order valence-electron chi connectivity index (χ0n) is 41.8. The molecule has 73 heavy (non-hydrogen) atoms. The molecule has 8 N–H and O–H groups in total. The Bertz CT molecular complexity index is 3280. The van der Waals surface area contributed by atoms with Crippen LogP contribution in [0.5, 0.6) is 0 Å². The van der Waals surface area contributed by atoms with E-state index in [-0.39, 0.29) is 11.8 Å². The largest absolute Gasteiger partial charge is 0.862 e. The third kappa shape index (κ3) is 13.9. The van der Waals surface area contributed by atoms with Gasteiger partial charge in [0.05, 0.1) is 48.3 Å². The first kappa shape index (κ1) is 51.8. The number of hydrogen-bond donors (Lipinski definition) is 4. The molecule has 0 spiro atoms. The van der Waals surface area contributed by atoms with E-state index < -0.39 is 0 Å². The molecule has 0 fully saturated rings. The number of nitrogens with two attached hydrogens (primary N) is 4. The van der Waals surface area contributed by atoms with Gasteiger partial charge < -0.3 is 57.3 Å². The van der Waals surface area contributed by atoms with Crippen molar-refractivity contribution in [1.29, 1.82) is 0 Å². The van der Waals surface area contributed by atoms with E-state index in [0.717, 1.165) is 123 Å². The summed E-state index contributed by atoms with van der Waals surface area (Å²) in [6.07, 6.45) is 9.23. The summed E-state index contributed by atoms with van der Waals surface area (Å²) >= 11 is 0. The SMILES string of the molecule is NC1=C=C=c2c([n+](CCCCCC([O-])=NCCCOCCOCCOCCCN=C([O-])CCCCC[n+]3c(-c4ccccc4)c4cc(N)ccc4c4ccc(N)cc43)c(-c3ccccc3)c3cc(N)ccc23)=C1. The molecule has 2 heterocycles. The topological polar surface area (TPSA) is 210 Å². The van der Waals surface area contributed by atoms with Gasteiger partial charge in [-0.2, -0.15) is 9.13 Å². The molecule has 0 radical (unpaired) electrons. The van der Waals surface area contributed by atoms with Gasteiger partial charge in [0.1, 0.15) is 18.3 Å². The van der Waals surface area contributed by atoms with Gasteiger partial charge in [0.15, 0.2) is 0 Å². The van der Waals surface area contributed by atoms with Crippen LogP contribution in [0.4, 0.5) is 17.1 Å². The number of fused-ring (bicyclic) bond motifs is 6. The van der Waals surface area contributed by atoms with Crippen LogP contribution in [0.25, 0.3) is 66.8 Å². The number of hydrogen-bond acceptors (Lipinski definition) is 11. The Morgan fingerprint density at radius 3 is 1.52 bits per heavy atom. The van der Waals surface area contributed by atoms with Gasteiger partial charge in [-0.3, -0.25) is 0 Å². The number of allylic oxidation sites excluding steroid dienone is 1. The summed E-state index contributed by atoms with van der Waals surface area (Å²) in [4.78, 5) is 8.50. The Kier molecular flexibility index (Phi) is 18.7. The van der Waals surface area contributed by atoms with Crippen molar-refractivity contribution in [3.63, 3.8) is 0 Å². The van der Waals surface area contributed by atoms with Gasteiger partial charge in [0.25, 0.3) is 0 Å². The summed E-state index contributed by atoms with van der Waals surface area (Å²) < 4.78 is 21.6. The smallest absolute Gasteiger partial charge is 0.224 e. The number of aliphatic imine (C=N–C) groups is 2. The lowest BCUT2D eigenvalue weighted by Crippen LogP contribution is -2.59. The van der Waals surface area contributed by atoms with Gasteiger partial charge in [-0.1, -0.05) is 54.3 Å². The molecule has 1 aliphatic carbocycles. The monoisotopic (exact) mass is 981 g/mol. The van der Waals surface area contributed by atoms with Crippen LogP contribution >= 0.6 is 0 Å². The lowest BCUT2D eigenvalue weighted by Gasteiger charge is -2.14. The Labute approximate surface area is 427 Å². The van der Waals surface area contributed by atoms with Gasteiger partial charge >= 0.3 is 0 Å². The van der Waals surface area contributed by atoms with Crippen molar-refractivity contribution in [1.82, 2.24) is 0 Å². The molecule has 2 aromatic heterocycles. The van der Waals surface area contributed by atoms with Gasteiger partial charge in [-0.25, -0.2) is 0 Å². The predicted octanol–water partition coefficient (Wildman–Crippen LogP) is 6.14. The van der Waals surface area contributed by atoms with Crippen LogP contribution in [0.15, 0.2) is 137 Å². The number of pyridine rings is 2. The molecular formula is C60H68N8O5. The fourth-order valence-electron chi connectivity index (χ4n) is 9.54. The maximum atomic E-state index is 12.6. The Hall–Kier alpha value is -7.50. The van der Waals surface area contributed by atoms with E-state index >= 15 is 0 Å². The number of aromatic nitrogens is 2. The third-order valence-corrected chi connectivity index (χ3v) is 13.0. The highest BCUT2D eigenvalue weighted by Crippen LogP contribution is 2.34. The van der Waals surface area contributed by atoms with Crippen LogP contribution in [0, 0.1) is 0 Å². The van der Waals surface area contributed by atoms with Gasteiger partial charge in [0.2, 0.25) is 22.3 Å². The summed E-state index contributed by atoms with van der Waals surface area (Å²) in [6.45, 7) is 5.25. The van der Waals surface area contributed by atoms with Crippen molar-refractivity contribution in [2.75, 3.05) is 69.9 Å². The fraction of sp³-hybridized carbons (Fsp3) is 0.333. The molecule has 0 saturated heterocycles. The van der Waals surface area contributed by atoms with E-state index in [1.807, 2.05) is 66.7 Å². The standard InChI is InChI=1S/C60H68N8O5/c61-45-21-25-49-51-27-23-47(63)41-55(51)67(59(53(49)39-45)43-15-5-1-6-16-43)31-11-3-9-19-57(69)65-29-13-33-71-35-37-73-38-36-72-34-14-30-66-58(70)20-10-4-12-32-68-56-42-48(64)24-28-52(56)50-26-22-46(62)40-54(50)60(68)44-17-7-2-8-18-44/h1-2,5-8,15-18,21-23,25-27,39-42,63-64H,3-4,9-14,19-20,29-38,61-62H2,(H2,65,66,69,70). The zero-order chi connectivity index (χ0) is 50.8. The van der Waals surface area contributed by atoms with E-state index in [9.17, 15) is 10.2 Å². The molecular weight excluding hydrogens is 913 g/mol. The first-order valence-electron chi connectivity index (χ1n) is 25.7. The maximum Gasteiger partial charge on any atom is 0.224 e. The van der Waals surface area contributed by atoms with Crippen LogP contribution in [0.1, 0.15) is 64.2 Å². The Morgan fingerprint density at radius 2 is 0.945 bits per heavy atom. The molecule has 378 valence electrons. The van der Waals surface area contributed by atoms with E-state index in [0.29, 0.717) is 95.5 Å². The van der Waals surface area contributed by atoms with Crippen molar-refractivity contribution >= 4 is 73.1 Å². The average molecular weight is 981 g/mol. The lowest BCUT2D eigenvalue weighted by molar-refractivity contribution is -0.698. The van der Waals surface area contributed by atoms with Crippen molar-refractivity contribution in [3.8, 4) is 22.5 Å². The van der Waals surface area contributed by atoms with Crippen LogP contribution in [-0.2, 0) is 27.3 Å². The highest BCUT2D eigenvalue weighted by Gasteiger charge is 2.25. The minimum Gasteiger partial charge on any atom is -0.862 e. The molecule has 0 amide bonds. The minimum atomic E-state index is -0.0732. The third-order valence-electron chi connectivity index (χ3n) is 13.0. The molecule has 0 bridgehead atoms. The molecule has 0 atom stereocenters. The molecule has 13 heteroatoms. The first-order chi connectivity index (χ1) is 35.7. The summed E-state index contributed by atoms with van der Waals surface area (Å²) in [6, 6.07) is 38.9. The number of ether oxygens (including phenoxy) is 3. The lowest BCUT2D eigenvalue weighted by atomic mass is 9.98. The number of benzene rings is 5. The molecule has 7 aromatic rings. The quantitative estimate of drug-likeness (QED) is 0.00844. The van der Waals surface area contributed by atoms with E-state index in [1.165, 1.54) is 0 Å². The van der Waals surface area contributed by atoms with Crippen LogP contribution in [-0.4, -0.2) is 64.5 Å². The minimum absolute atomic E-state index is 0.0655. The molecule has 0 saturated carbocycles. The van der Waals surface area contributed by atoms with E-state index in [1.54, 1.807) is 0 Å². The number of anilines is 3. The maximum absolute atomic E-state index is 12.6. The number of aryl methyl sites for hydroxylation is 1. The van der Waals surface area contributed by atoms with Crippen LogP contribution in [0.3, 0.4) is 0 Å². The summed E-state index contributed by atoms with van der Waals surface area (Å²) in [5, 5.41) is 32.5. The molecule has 8 rings (SSSR count). The number of nitrogen functional groups attached to an aromatic ring is 3. The second kappa shape index (κ2) is 26.3. The summed E-state index contributed by atoms with van der Waals surface area (Å²) in [5.41, 5.74) is 39.6. The van der Waals surface area contributed by atoms with Gasteiger partial charge in [0, 0.05) is 90.2 Å². The second-order valence-corrected chi connectivity index (χ2v) is 18.4. The van der Waals surface area contributed by atoms with E-state index in [4.69, 9.17) is 37.1 Å². The normalized spacial score (nSPS) is 12.6. The van der Waals surface area contributed by atoms with Crippen molar-refractivity contribution in [3.05, 3.63) is 137 Å².